The number of fused-ring (bicyclic) bond motifs is 1. The predicted octanol–water partition coefficient (Wildman–Crippen LogP) is 3.04. The minimum absolute atomic E-state index is 0.0711. The Labute approximate surface area is 182 Å². The normalized spacial score (nSPS) is 11.2. The minimum atomic E-state index is -0.547. The maximum atomic E-state index is 14.3. The molecule has 9 heteroatoms. The van der Waals surface area contributed by atoms with Crippen molar-refractivity contribution >= 4 is 17.6 Å². The second-order valence-electron chi connectivity index (χ2n) is 6.89. The van der Waals surface area contributed by atoms with E-state index in [1.807, 2.05) is 6.07 Å². The molecule has 0 spiro atoms. The number of hydrogen-bond acceptors (Lipinski definition) is 5. The Hall–Kier alpha value is -4.27. The number of halogens is 1. The van der Waals surface area contributed by atoms with Crippen LogP contribution < -0.4 is 15.7 Å². The molecule has 3 aromatic heterocycles. The Bertz CT molecular complexity index is 1310. The number of nitrogens with one attached hydrogen (secondary N) is 1. The molecule has 0 radical (unpaired) electrons. The van der Waals surface area contributed by atoms with Crippen LogP contribution in [0.15, 0.2) is 78.0 Å². The van der Waals surface area contributed by atoms with Gasteiger partial charge in [0, 0.05) is 31.6 Å². The first-order valence-corrected chi connectivity index (χ1v) is 9.98. The quantitative estimate of drug-likeness (QED) is 0.341. The van der Waals surface area contributed by atoms with Gasteiger partial charge >= 0.3 is 5.69 Å². The second-order valence-corrected chi connectivity index (χ2v) is 6.89. The summed E-state index contributed by atoms with van der Waals surface area (Å²) in [6, 6.07) is 13.1. The zero-order valence-electron chi connectivity index (χ0n) is 17.0. The Morgan fingerprint density at radius 1 is 1.19 bits per heavy atom. The average Bonchev–Trinajstić information content (AvgIpc) is 3.13. The molecule has 162 valence electrons. The highest BCUT2D eigenvalue weighted by molar-refractivity contribution is 5.91. The van der Waals surface area contributed by atoms with Gasteiger partial charge in [-0.15, -0.1) is 5.10 Å². The minimum Gasteiger partial charge on any atom is -0.453 e. The molecule has 0 aliphatic carbocycles. The van der Waals surface area contributed by atoms with E-state index in [1.165, 1.54) is 39.6 Å². The van der Waals surface area contributed by atoms with Crippen LogP contribution in [0.25, 0.3) is 11.7 Å². The predicted molar refractivity (Wildman–Crippen MR) is 117 cm³/mol. The number of amides is 1. The molecule has 0 aliphatic rings. The number of aromatic nitrogens is 4. The van der Waals surface area contributed by atoms with E-state index in [-0.39, 0.29) is 17.3 Å². The van der Waals surface area contributed by atoms with Gasteiger partial charge in [0.2, 0.25) is 5.91 Å². The molecular weight excluding hydrogens is 413 g/mol. The molecule has 4 aromatic rings. The monoisotopic (exact) mass is 433 g/mol. The first-order chi connectivity index (χ1) is 15.6. The van der Waals surface area contributed by atoms with Crippen molar-refractivity contribution in [3.63, 3.8) is 0 Å². The van der Waals surface area contributed by atoms with Crippen LogP contribution in [0.2, 0.25) is 0 Å². The van der Waals surface area contributed by atoms with E-state index in [2.05, 4.69) is 15.4 Å². The van der Waals surface area contributed by atoms with E-state index >= 15 is 0 Å². The number of carbonyl (C=O) groups is 1. The highest BCUT2D eigenvalue weighted by atomic mass is 19.1. The number of nitrogens with zero attached hydrogens (tertiary/aromatic N) is 4. The van der Waals surface area contributed by atoms with Crippen molar-refractivity contribution in [2.24, 2.45) is 0 Å². The first kappa shape index (κ1) is 21.0. The summed E-state index contributed by atoms with van der Waals surface area (Å²) in [7, 11) is 0. The molecule has 3 heterocycles. The van der Waals surface area contributed by atoms with Gasteiger partial charge in [0.1, 0.15) is 5.75 Å². The number of hydrogen-bond donors (Lipinski definition) is 1. The second kappa shape index (κ2) is 9.69. The van der Waals surface area contributed by atoms with Crippen molar-refractivity contribution in [3.8, 4) is 11.5 Å². The Morgan fingerprint density at radius 3 is 2.88 bits per heavy atom. The third-order valence-corrected chi connectivity index (χ3v) is 4.58. The van der Waals surface area contributed by atoms with Crippen LogP contribution in [0.3, 0.4) is 0 Å². The fourth-order valence-corrected chi connectivity index (χ4v) is 3.02. The van der Waals surface area contributed by atoms with Gasteiger partial charge in [-0.2, -0.15) is 0 Å². The summed E-state index contributed by atoms with van der Waals surface area (Å²) in [5.41, 5.74) is 0.880. The van der Waals surface area contributed by atoms with Crippen LogP contribution in [0.4, 0.5) is 4.39 Å². The van der Waals surface area contributed by atoms with Gasteiger partial charge in [0.15, 0.2) is 17.2 Å². The molecule has 1 aromatic carbocycles. The molecule has 0 saturated carbocycles. The molecule has 8 nitrogen and oxygen atoms in total. The summed E-state index contributed by atoms with van der Waals surface area (Å²) < 4.78 is 22.5. The standard InChI is InChI=1S/C23H20FN5O3/c24-19-15-17(7-9-20(19)32-18-5-3-11-25-16-18)8-10-22(30)26-12-4-14-29-23(31)28-13-2-1-6-21(28)27-29/h1-3,5-11,13,15-16H,4,12,14H2,(H,26,30)/b10-8+. The van der Waals surface area contributed by atoms with Gasteiger partial charge in [-0.25, -0.2) is 13.9 Å². The van der Waals surface area contributed by atoms with E-state index in [4.69, 9.17) is 4.74 Å². The Kier molecular flexibility index (Phi) is 6.35. The van der Waals surface area contributed by atoms with E-state index in [0.717, 1.165) is 0 Å². The number of benzene rings is 1. The van der Waals surface area contributed by atoms with Crippen molar-refractivity contribution < 1.29 is 13.9 Å². The summed E-state index contributed by atoms with van der Waals surface area (Å²) >= 11 is 0. The van der Waals surface area contributed by atoms with E-state index in [9.17, 15) is 14.0 Å². The average molecular weight is 433 g/mol. The first-order valence-electron chi connectivity index (χ1n) is 9.98. The van der Waals surface area contributed by atoms with Crippen LogP contribution in [0, 0.1) is 5.82 Å². The lowest BCUT2D eigenvalue weighted by molar-refractivity contribution is -0.116. The molecular formula is C23H20FN5O3. The molecule has 0 atom stereocenters. The molecule has 4 rings (SSSR count). The number of carbonyl (C=O) groups excluding carboxylic acids is 1. The lowest BCUT2D eigenvalue weighted by Crippen LogP contribution is -2.26. The van der Waals surface area contributed by atoms with Crippen LogP contribution in [0.1, 0.15) is 12.0 Å². The van der Waals surface area contributed by atoms with Gasteiger partial charge in [0.05, 0.1) is 6.20 Å². The smallest absolute Gasteiger partial charge is 0.350 e. The zero-order valence-corrected chi connectivity index (χ0v) is 17.0. The molecule has 0 aliphatic heterocycles. The molecule has 32 heavy (non-hydrogen) atoms. The van der Waals surface area contributed by atoms with Crippen molar-refractivity contribution in [2.45, 2.75) is 13.0 Å². The maximum Gasteiger partial charge on any atom is 0.350 e. The van der Waals surface area contributed by atoms with Crippen molar-refractivity contribution in [1.82, 2.24) is 24.5 Å². The summed E-state index contributed by atoms with van der Waals surface area (Å²) in [4.78, 5) is 28.1. The van der Waals surface area contributed by atoms with Crippen LogP contribution in [-0.2, 0) is 11.3 Å². The molecule has 0 fully saturated rings. The van der Waals surface area contributed by atoms with Crippen molar-refractivity contribution in [2.75, 3.05) is 6.54 Å². The van der Waals surface area contributed by atoms with E-state index < -0.39 is 5.82 Å². The van der Waals surface area contributed by atoms with Crippen molar-refractivity contribution in [1.29, 1.82) is 0 Å². The largest absolute Gasteiger partial charge is 0.453 e. The number of aryl methyl sites for hydroxylation is 1. The van der Waals surface area contributed by atoms with E-state index in [0.29, 0.717) is 36.5 Å². The lowest BCUT2D eigenvalue weighted by Gasteiger charge is -2.06. The summed E-state index contributed by atoms with van der Waals surface area (Å²) in [6.45, 7) is 0.754. The fraction of sp³-hybridized carbons (Fsp3) is 0.130. The maximum absolute atomic E-state index is 14.3. The topological polar surface area (TPSA) is 90.5 Å². The number of ether oxygens (including phenoxy) is 1. The fourth-order valence-electron chi connectivity index (χ4n) is 3.02. The molecule has 0 bridgehead atoms. The van der Waals surface area contributed by atoms with Crippen LogP contribution in [-0.4, -0.2) is 31.6 Å². The van der Waals surface area contributed by atoms with Crippen LogP contribution in [0.5, 0.6) is 11.5 Å². The SMILES string of the molecule is O=C(/C=C/c1ccc(Oc2cccnc2)c(F)c1)NCCCn1nc2ccccn2c1=O. The Morgan fingerprint density at radius 2 is 2.09 bits per heavy atom. The number of pyridine rings is 2. The third-order valence-electron chi connectivity index (χ3n) is 4.58. The van der Waals surface area contributed by atoms with E-state index in [1.54, 1.807) is 42.7 Å². The van der Waals surface area contributed by atoms with Gasteiger partial charge in [-0.05, 0) is 54.5 Å². The number of rotatable bonds is 8. The highest BCUT2D eigenvalue weighted by Gasteiger charge is 2.07. The third kappa shape index (κ3) is 5.07. The van der Waals surface area contributed by atoms with Gasteiger partial charge in [0.25, 0.3) is 0 Å². The van der Waals surface area contributed by atoms with Gasteiger partial charge in [-0.3, -0.25) is 14.2 Å². The Balaban J connectivity index is 1.26. The highest BCUT2D eigenvalue weighted by Crippen LogP contribution is 2.24. The van der Waals surface area contributed by atoms with Gasteiger partial charge < -0.3 is 10.1 Å². The lowest BCUT2D eigenvalue weighted by atomic mass is 10.2. The zero-order chi connectivity index (χ0) is 22.3. The van der Waals surface area contributed by atoms with Crippen LogP contribution >= 0.6 is 0 Å². The summed E-state index contributed by atoms with van der Waals surface area (Å²) in [5, 5.41) is 6.97. The summed E-state index contributed by atoms with van der Waals surface area (Å²) in [6.07, 6.45) is 8.13. The summed E-state index contributed by atoms with van der Waals surface area (Å²) in [5.74, 6) is -0.362. The van der Waals surface area contributed by atoms with Gasteiger partial charge in [-0.1, -0.05) is 12.1 Å². The molecule has 0 unspecified atom stereocenters. The molecule has 1 amide bonds. The molecule has 1 N–H and O–H groups in total. The van der Waals surface area contributed by atoms with Crippen molar-refractivity contribution in [3.05, 3.63) is 95.1 Å². The molecule has 0 saturated heterocycles.